The van der Waals surface area contributed by atoms with Gasteiger partial charge in [0.15, 0.2) is 11.6 Å². The Bertz CT molecular complexity index is 861. The van der Waals surface area contributed by atoms with Gasteiger partial charge in [-0.15, -0.1) is 10.2 Å². The predicted octanol–water partition coefficient (Wildman–Crippen LogP) is 1.60. The van der Waals surface area contributed by atoms with Crippen molar-refractivity contribution in [2.24, 2.45) is 4.99 Å². The summed E-state index contributed by atoms with van der Waals surface area (Å²) in [6.07, 6.45) is 2.70. The molecule has 2 heterocycles. The summed E-state index contributed by atoms with van der Waals surface area (Å²) < 4.78 is 1.99. The van der Waals surface area contributed by atoms with E-state index < -0.39 is 0 Å². The standard InChI is InChI=1S/C20H26N6O/c1-2-21-20(23-14-17(15-27)16-8-4-3-5-9-16)22-12-11-19-25-24-18-10-6-7-13-26(18)19/h3-10,13,17,27H,2,11-12,14-15H2,1H3,(H2,21,22,23). The van der Waals surface area contributed by atoms with Crippen molar-refractivity contribution in [1.29, 1.82) is 0 Å². The van der Waals surface area contributed by atoms with E-state index in [4.69, 9.17) is 0 Å². The first-order valence-electron chi connectivity index (χ1n) is 9.28. The van der Waals surface area contributed by atoms with E-state index in [2.05, 4.69) is 25.8 Å². The Labute approximate surface area is 159 Å². The van der Waals surface area contributed by atoms with Crippen molar-refractivity contribution in [3.63, 3.8) is 0 Å². The summed E-state index contributed by atoms with van der Waals surface area (Å²) in [6.45, 7) is 4.08. The molecule has 0 saturated carbocycles. The third kappa shape index (κ3) is 5.04. The lowest BCUT2D eigenvalue weighted by Crippen LogP contribution is -2.38. The predicted molar refractivity (Wildman–Crippen MR) is 107 cm³/mol. The minimum atomic E-state index is -0.0119. The van der Waals surface area contributed by atoms with Gasteiger partial charge < -0.3 is 15.7 Å². The van der Waals surface area contributed by atoms with Crippen molar-refractivity contribution in [2.45, 2.75) is 19.3 Å². The SMILES string of the molecule is CCNC(=NCC(CO)c1ccccc1)NCCc1nnc2ccccn12. The lowest BCUT2D eigenvalue weighted by atomic mass is 10.0. The lowest BCUT2D eigenvalue weighted by Gasteiger charge is -2.15. The molecule has 0 aliphatic rings. The largest absolute Gasteiger partial charge is 0.396 e. The number of aliphatic hydroxyl groups is 1. The molecule has 0 saturated heterocycles. The zero-order valence-electron chi connectivity index (χ0n) is 15.5. The molecular weight excluding hydrogens is 340 g/mol. The van der Waals surface area contributed by atoms with Crippen LogP contribution in [0.25, 0.3) is 5.65 Å². The van der Waals surface area contributed by atoms with Crippen molar-refractivity contribution < 1.29 is 5.11 Å². The van der Waals surface area contributed by atoms with Crippen molar-refractivity contribution in [1.82, 2.24) is 25.2 Å². The molecule has 7 nitrogen and oxygen atoms in total. The molecule has 0 radical (unpaired) electrons. The average Bonchev–Trinajstić information content (AvgIpc) is 3.12. The molecule has 0 aliphatic carbocycles. The van der Waals surface area contributed by atoms with Crippen molar-refractivity contribution in [2.75, 3.05) is 26.2 Å². The van der Waals surface area contributed by atoms with Crippen molar-refractivity contribution in [3.05, 3.63) is 66.1 Å². The van der Waals surface area contributed by atoms with Gasteiger partial charge >= 0.3 is 0 Å². The van der Waals surface area contributed by atoms with Gasteiger partial charge in [0, 0.05) is 31.6 Å². The zero-order chi connectivity index (χ0) is 18.9. The molecule has 3 aromatic rings. The lowest BCUT2D eigenvalue weighted by molar-refractivity contribution is 0.268. The molecule has 0 spiro atoms. The number of nitrogens with one attached hydrogen (secondary N) is 2. The Morgan fingerprint density at radius 2 is 1.93 bits per heavy atom. The van der Waals surface area contributed by atoms with Crippen LogP contribution < -0.4 is 10.6 Å². The number of nitrogens with zero attached hydrogens (tertiary/aromatic N) is 4. The summed E-state index contributed by atoms with van der Waals surface area (Å²) in [6, 6.07) is 15.8. The van der Waals surface area contributed by atoms with Crippen LogP contribution in [0.4, 0.5) is 0 Å². The third-order valence-electron chi connectivity index (χ3n) is 4.33. The highest BCUT2D eigenvalue weighted by molar-refractivity contribution is 5.79. The van der Waals surface area contributed by atoms with Crippen LogP contribution in [0.2, 0.25) is 0 Å². The molecule has 1 atom stereocenters. The highest BCUT2D eigenvalue weighted by atomic mass is 16.3. The molecule has 1 aromatic carbocycles. The van der Waals surface area contributed by atoms with E-state index in [1.54, 1.807) is 0 Å². The highest BCUT2D eigenvalue weighted by Gasteiger charge is 2.10. The quantitative estimate of drug-likeness (QED) is 0.416. The van der Waals surface area contributed by atoms with Crippen LogP contribution in [0, 0.1) is 0 Å². The first-order valence-corrected chi connectivity index (χ1v) is 9.28. The molecule has 7 heteroatoms. The molecule has 1 unspecified atom stereocenters. The van der Waals surface area contributed by atoms with Gasteiger partial charge in [-0.25, -0.2) is 0 Å². The zero-order valence-corrected chi connectivity index (χ0v) is 15.5. The Morgan fingerprint density at radius 3 is 2.70 bits per heavy atom. The van der Waals surface area contributed by atoms with Crippen LogP contribution in [0.5, 0.6) is 0 Å². The molecule has 0 aliphatic heterocycles. The Kier molecular flexibility index (Phi) is 6.76. The number of benzene rings is 1. The maximum atomic E-state index is 9.70. The number of fused-ring (bicyclic) bond motifs is 1. The van der Waals surface area contributed by atoms with Gasteiger partial charge in [0.05, 0.1) is 13.2 Å². The smallest absolute Gasteiger partial charge is 0.191 e. The monoisotopic (exact) mass is 366 g/mol. The number of aliphatic hydroxyl groups excluding tert-OH is 1. The number of pyridine rings is 1. The minimum Gasteiger partial charge on any atom is -0.396 e. The summed E-state index contributed by atoms with van der Waals surface area (Å²) in [5.74, 6) is 1.63. The molecular formula is C20H26N6O. The molecule has 0 fully saturated rings. The van der Waals surface area contributed by atoms with Gasteiger partial charge in [-0.05, 0) is 24.6 Å². The molecule has 3 rings (SSSR count). The van der Waals surface area contributed by atoms with Gasteiger partial charge in [-0.3, -0.25) is 9.39 Å². The van der Waals surface area contributed by atoms with Crippen LogP contribution in [0.1, 0.15) is 24.2 Å². The number of hydrogen-bond acceptors (Lipinski definition) is 4. The van der Waals surface area contributed by atoms with E-state index in [0.717, 1.165) is 36.0 Å². The van der Waals surface area contributed by atoms with Crippen molar-refractivity contribution >= 4 is 11.6 Å². The number of aliphatic imine (C=N–C) groups is 1. The van der Waals surface area contributed by atoms with Crippen LogP contribution >= 0.6 is 0 Å². The van der Waals surface area contributed by atoms with Crippen LogP contribution in [-0.4, -0.2) is 51.9 Å². The van der Waals surface area contributed by atoms with Gasteiger partial charge in [-0.2, -0.15) is 0 Å². The van der Waals surface area contributed by atoms with E-state index in [1.165, 1.54) is 0 Å². The molecule has 142 valence electrons. The summed E-state index contributed by atoms with van der Waals surface area (Å²) >= 11 is 0. The number of guanidine groups is 1. The maximum absolute atomic E-state index is 9.70. The minimum absolute atomic E-state index is 0.0119. The van der Waals surface area contributed by atoms with Gasteiger partial charge in [0.2, 0.25) is 0 Å². The molecule has 3 N–H and O–H groups in total. The van der Waals surface area contributed by atoms with E-state index in [1.807, 2.05) is 66.1 Å². The Balaban J connectivity index is 1.59. The fourth-order valence-electron chi connectivity index (χ4n) is 2.89. The number of rotatable bonds is 8. The van der Waals surface area contributed by atoms with Crippen LogP contribution in [-0.2, 0) is 6.42 Å². The van der Waals surface area contributed by atoms with Crippen molar-refractivity contribution in [3.8, 4) is 0 Å². The summed E-state index contributed by atoms with van der Waals surface area (Å²) in [5, 5.41) is 24.7. The molecule has 27 heavy (non-hydrogen) atoms. The summed E-state index contributed by atoms with van der Waals surface area (Å²) in [5.41, 5.74) is 1.94. The first kappa shape index (κ1) is 18.8. The van der Waals surface area contributed by atoms with E-state index >= 15 is 0 Å². The third-order valence-corrected chi connectivity index (χ3v) is 4.33. The van der Waals surface area contributed by atoms with E-state index in [0.29, 0.717) is 13.1 Å². The fraction of sp³-hybridized carbons (Fsp3) is 0.350. The second-order valence-electron chi connectivity index (χ2n) is 6.23. The second-order valence-corrected chi connectivity index (χ2v) is 6.23. The van der Waals surface area contributed by atoms with Gasteiger partial charge in [0.1, 0.15) is 5.82 Å². The van der Waals surface area contributed by atoms with E-state index in [9.17, 15) is 5.11 Å². The molecule has 0 bridgehead atoms. The Hall–Kier alpha value is -2.93. The highest BCUT2D eigenvalue weighted by Crippen LogP contribution is 2.14. The summed E-state index contributed by atoms with van der Waals surface area (Å²) in [4.78, 5) is 4.63. The van der Waals surface area contributed by atoms with Gasteiger partial charge in [-0.1, -0.05) is 36.4 Å². The summed E-state index contributed by atoms with van der Waals surface area (Å²) in [7, 11) is 0. The maximum Gasteiger partial charge on any atom is 0.191 e. The average molecular weight is 366 g/mol. The number of hydrogen-bond donors (Lipinski definition) is 3. The van der Waals surface area contributed by atoms with E-state index in [-0.39, 0.29) is 12.5 Å². The van der Waals surface area contributed by atoms with Crippen LogP contribution in [0.3, 0.4) is 0 Å². The Morgan fingerprint density at radius 1 is 1.11 bits per heavy atom. The van der Waals surface area contributed by atoms with Crippen LogP contribution in [0.15, 0.2) is 59.7 Å². The normalized spacial score (nSPS) is 12.9. The second kappa shape index (κ2) is 9.68. The topological polar surface area (TPSA) is 86.8 Å². The first-order chi connectivity index (χ1) is 13.3. The van der Waals surface area contributed by atoms with Gasteiger partial charge in [0.25, 0.3) is 0 Å². The fourth-order valence-corrected chi connectivity index (χ4v) is 2.89. The number of aromatic nitrogens is 3. The molecule has 2 aromatic heterocycles. The molecule has 0 amide bonds.